The van der Waals surface area contributed by atoms with E-state index in [1.807, 2.05) is 19.1 Å². The summed E-state index contributed by atoms with van der Waals surface area (Å²) < 4.78 is 27.8. The van der Waals surface area contributed by atoms with Crippen LogP contribution in [0.4, 0.5) is 0 Å². The number of halogens is 1. The summed E-state index contributed by atoms with van der Waals surface area (Å²) in [4.78, 5) is 5.64. The molecule has 0 bridgehead atoms. The number of nitrogens with one attached hydrogen (secondary N) is 2. The van der Waals surface area contributed by atoms with Crippen LogP contribution in [0.25, 0.3) is 10.8 Å². The van der Waals surface area contributed by atoms with Gasteiger partial charge >= 0.3 is 0 Å². The molecule has 1 atom stereocenters. The summed E-state index contributed by atoms with van der Waals surface area (Å²) in [6.07, 6.45) is 4.33. The van der Waals surface area contributed by atoms with Crippen LogP contribution in [0.3, 0.4) is 0 Å². The molecule has 0 aliphatic rings. The summed E-state index contributed by atoms with van der Waals surface area (Å²) in [5.41, 5.74) is 0. The van der Waals surface area contributed by atoms with Crippen LogP contribution in [-0.2, 0) is 16.4 Å². The number of rotatable bonds is 8. The van der Waals surface area contributed by atoms with Crippen molar-refractivity contribution in [3.63, 3.8) is 0 Å². The first-order valence-corrected chi connectivity index (χ1v) is 10.5. The second-order valence-electron chi connectivity index (χ2n) is 5.94. The third-order valence-electron chi connectivity index (χ3n) is 3.86. The van der Waals surface area contributed by atoms with Gasteiger partial charge in [0.2, 0.25) is 10.0 Å². The molecule has 2 heterocycles. The monoisotopic (exact) mass is 411 g/mol. The van der Waals surface area contributed by atoms with Gasteiger partial charge in [0, 0.05) is 41.8 Å². The lowest BCUT2D eigenvalue weighted by Crippen LogP contribution is -2.40. The first-order valence-electron chi connectivity index (χ1n) is 8.14. The Bertz CT molecular complexity index is 931. The van der Waals surface area contributed by atoms with Crippen molar-refractivity contribution >= 4 is 44.5 Å². The van der Waals surface area contributed by atoms with Crippen LogP contribution in [0.1, 0.15) is 11.8 Å². The van der Waals surface area contributed by atoms with Crippen LogP contribution >= 0.6 is 23.7 Å². The van der Waals surface area contributed by atoms with Crippen LogP contribution in [0.2, 0.25) is 0 Å². The van der Waals surface area contributed by atoms with Gasteiger partial charge in [0.25, 0.3) is 0 Å². The average molecular weight is 412 g/mol. The minimum Gasteiger partial charge on any atom is -0.315 e. The van der Waals surface area contributed by atoms with Crippen molar-refractivity contribution < 1.29 is 8.42 Å². The number of benzene rings is 1. The zero-order valence-electron chi connectivity index (χ0n) is 14.4. The van der Waals surface area contributed by atoms with Crippen molar-refractivity contribution in [2.24, 2.45) is 0 Å². The molecule has 140 valence electrons. The van der Waals surface area contributed by atoms with E-state index in [-0.39, 0.29) is 23.3 Å². The van der Waals surface area contributed by atoms with Gasteiger partial charge in [-0.15, -0.1) is 23.7 Å². The lowest BCUT2D eigenvalue weighted by molar-refractivity contribution is 0.538. The summed E-state index contributed by atoms with van der Waals surface area (Å²) in [7, 11) is -3.54. The minimum atomic E-state index is -3.54. The highest BCUT2D eigenvalue weighted by molar-refractivity contribution is 7.89. The molecule has 2 N–H and O–H groups in total. The molecule has 26 heavy (non-hydrogen) atoms. The minimum absolute atomic E-state index is 0. The van der Waals surface area contributed by atoms with E-state index in [2.05, 4.69) is 26.5 Å². The Labute approximate surface area is 164 Å². The maximum Gasteiger partial charge on any atom is 0.240 e. The summed E-state index contributed by atoms with van der Waals surface area (Å²) in [6, 6.07) is 10.8. The van der Waals surface area contributed by atoms with E-state index in [0.29, 0.717) is 6.54 Å². The van der Waals surface area contributed by atoms with Crippen LogP contribution < -0.4 is 10.0 Å². The zero-order chi connectivity index (χ0) is 17.7. The topological polar surface area (TPSA) is 71.1 Å². The van der Waals surface area contributed by atoms with E-state index in [4.69, 9.17) is 0 Å². The number of hydrogen-bond acceptors (Lipinski definition) is 5. The van der Waals surface area contributed by atoms with Crippen molar-refractivity contribution in [2.45, 2.75) is 24.3 Å². The van der Waals surface area contributed by atoms with Gasteiger partial charge in [0.05, 0.1) is 4.90 Å². The molecule has 0 amide bonds. The summed E-state index contributed by atoms with van der Waals surface area (Å²) in [5, 5.41) is 7.14. The van der Waals surface area contributed by atoms with E-state index in [1.54, 1.807) is 41.9 Å². The molecule has 0 unspecified atom stereocenters. The second-order valence-corrected chi connectivity index (χ2v) is 8.69. The van der Waals surface area contributed by atoms with E-state index in [0.717, 1.165) is 23.7 Å². The molecule has 0 radical (unpaired) electrons. The van der Waals surface area contributed by atoms with Gasteiger partial charge in [-0.3, -0.25) is 4.98 Å². The molecule has 0 spiro atoms. The van der Waals surface area contributed by atoms with Gasteiger partial charge in [0.15, 0.2) is 0 Å². The Morgan fingerprint density at radius 2 is 2.04 bits per heavy atom. The van der Waals surface area contributed by atoms with Crippen LogP contribution in [0.15, 0.2) is 59.1 Å². The van der Waals surface area contributed by atoms with Crippen molar-refractivity contribution in [1.82, 2.24) is 15.0 Å². The molecule has 0 saturated heterocycles. The van der Waals surface area contributed by atoms with Crippen LogP contribution in [0.5, 0.6) is 0 Å². The van der Waals surface area contributed by atoms with Crippen molar-refractivity contribution in [3.8, 4) is 0 Å². The van der Waals surface area contributed by atoms with E-state index in [1.165, 1.54) is 4.88 Å². The summed E-state index contributed by atoms with van der Waals surface area (Å²) in [5.74, 6) is 0. The third-order valence-corrected chi connectivity index (χ3v) is 6.38. The Kier molecular flexibility index (Phi) is 7.55. The summed E-state index contributed by atoms with van der Waals surface area (Å²) >= 11 is 1.73. The largest absolute Gasteiger partial charge is 0.315 e. The van der Waals surface area contributed by atoms with E-state index >= 15 is 0 Å². The quantitative estimate of drug-likeness (QED) is 0.558. The molecule has 0 aliphatic heterocycles. The molecule has 3 rings (SSSR count). The molecule has 0 aliphatic carbocycles. The molecule has 2 aromatic heterocycles. The van der Waals surface area contributed by atoms with Crippen LogP contribution in [-0.4, -0.2) is 32.5 Å². The number of thiophene rings is 1. The van der Waals surface area contributed by atoms with Crippen molar-refractivity contribution in [2.75, 3.05) is 13.1 Å². The first-order chi connectivity index (χ1) is 12.0. The molecule has 0 saturated carbocycles. The SMILES string of the molecule is C[C@H](CNCCc1cccs1)NS(=O)(=O)c1ccc2cnccc2c1.Cl. The molecular weight excluding hydrogens is 390 g/mol. The van der Waals surface area contributed by atoms with E-state index in [9.17, 15) is 8.42 Å². The Morgan fingerprint density at radius 1 is 1.19 bits per heavy atom. The Hall–Kier alpha value is -1.51. The predicted molar refractivity (Wildman–Crippen MR) is 110 cm³/mol. The average Bonchev–Trinajstić information content (AvgIpc) is 3.11. The zero-order valence-corrected chi connectivity index (χ0v) is 16.8. The van der Waals surface area contributed by atoms with Crippen LogP contribution in [0, 0.1) is 0 Å². The predicted octanol–water partition coefficient (Wildman–Crippen LogP) is 3.22. The van der Waals surface area contributed by atoms with Gasteiger partial charge in [-0.05, 0) is 48.4 Å². The fourth-order valence-electron chi connectivity index (χ4n) is 2.59. The Balaban J connectivity index is 0.00000243. The van der Waals surface area contributed by atoms with Gasteiger partial charge in [-0.25, -0.2) is 13.1 Å². The molecule has 3 aromatic rings. The highest BCUT2D eigenvalue weighted by Gasteiger charge is 2.17. The molecular formula is C18H22ClN3O2S2. The van der Waals surface area contributed by atoms with Gasteiger partial charge in [-0.1, -0.05) is 12.1 Å². The molecule has 0 fully saturated rings. The van der Waals surface area contributed by atoms with Crippen molar-refractivity contribution in [1.29, 1.82) is 0 Å². The fourth-order valence-corrected chi connectivity index (χ4v) is 4.58. The number of aromatic nitrogens is 1. The van der Waals surface area contributed by atoms with Gasteiger partial charge in [-0.2, -0.15) is 0 Å². The first kappa shape index (κ1) is 20.8. The number of fused-ring (bicyclic) bond motifs is 1. The highest BCUT2D eigenvalue weighted by Crippen LogP contribution is 2.18. The fraction of sp³-hybridized carbons (Fsp3) is 0.278. The summed E-state index contributed by atoms with van der Waals surface area (Å²) in [6.45, 7) is 3.28. The Morgan fingerprint density at radius 3 is 2.81 bits per heavy atom. The standard InChI is InChI=1S/C18H21N3O2S2.ClH/c1-14(12-19-9-7-17-3-2-10-24-17)21-25(22,23)18-5-4-16-13-20-8-6-15(16)11-18;/h2-6,8,10-11,13-14,19,21H,7,9,12H2,1H3;1H/t14-;/m1./s1. The lowest BCUT2D eigenvalue weighted by Gasteiger charge is -2.15. The maximum absolute atomic E-state index is 12.6. The number of nitrogens with zero attached hydrogens (tertiary/aromatic N) is 1. The van der Waals surface area contributed by atoms with Gasteiger partial charge in [0.1, 0.15) is 0 Å². The second kappa shape index (κ2) is 9.43. The smallest absolute Gasteiger partial charge is 0.240 e. The molecule has 5 nitrogen and oxygen atoms in total. The molecule has 8 heteroatoms. The number of hydrogen-bond donors (Lipinski definition) is 2. The van der Waals surface area contributed by atoms with E-state index < -0.39 is 10.0 Å². The number of pyridine rings is 1. The highest BCUT2D eigenvalue weighted by atomic mass is 35.5. The van der Waals surface area contributed by atoms with Crippen molar-refractivity contribution in [3.05, 3.63) is 59.0 Å². The third kappa shape index (κ3) is 5.49. The van der Waals surface area contributed by atoms with Gasteiger partial charge < -0.3 is 5.32 Å². The maximum atomic E-state index is 12.6. The lowest BCUT2D eigenvalue weighted by atomic mass is 10.2. The normalized spacial score (nSPS) is 12.7. The molecule has 1 aromatic carbocycles. The number of sulfonamides is 1.